The van der Waals surface area contributed by atoms with E-state index in [1.807, 2.05) is 0 Å². The van der Waals surface area contributed by atoms with Crippen molar-refractivity contribution in [1.29, 1.82) is 0 Å². The van der Waals surface area contributed by atoms with Crippen LogP contribution >= 0.6 is 23.2 Å². The van der Waals surface area contributed by atoms with Crippen molar-refractivity contribution in [3.8, 4) is 5.75 Å². The van der Waals surface area contributed by atoms with E-state index in [9.17, 15) is 8.42 Å². The molecule has 0 aliphatic heterocycles. The molecule has 0 bridgehead atoms. The third kappa shape index (κ3) is 5.33. The van der Waals surface area contributed by atoms with Crippen molar-refractivity contribution in [3.05, 3.63) is 28.2 Å². The van der Waals surface area contributed by atoms with Crippen molar-refractivity contribution in [1.82, 2.24) is 0 Å². The molecule has 0 atom stereocenters. The van der Waals surface area contributed by atoms with Crippen molar-refractivity contribution in [2.24, 2.45) is 10.6 Å². The van der Waals surface area contributed by atoms with Crippen LogP contribution in [-0.4, -0.2) is 20.8 Å². The molecule has 0 amide bonds. The maximum atomic E-state index is 11.5. The molecule has 0 unspecified atom stereocenters. The Morgan fingerprint density at radius 3 is 2.19 bits per heavy atom. The van der Waals surface area contributed by atoms with Gasteiger partial charge in [0.2, 0.25) is 10.0 Å². The molecule has 0 heterocycles. The average Bonchev–Trinajstić information content (AvgIpc) is 2.34. The number of hydrogen-bond acceptors (Lipinski definition) is 3. The van der Waals surface area contributed by atoms with E-state index in [0.717, 1.165) is 32.1 Å². The molecule has 1 aliphatic rings. The van der Waals surface area contributed by atoms with Crippen LogP contribution in [-0.2, 0) is 10.0 Å². The number of benzene rings is 1. The van der Waals surface area contributed by atoms with Crippen molar-refractivity contribution in [3.63, 3.8) is 0 Å². The summed E-state index contributed by atoms with van der Waals surface area (Å²) in [5, 5.41) is 6.22. The zero-order valence-corrected chi connectivity index (χ0v) is 14.0. The van der Waals surface area contributed by atoms with Gasteiger partial charge < -0.3 is 4.74 Å². The summed E-state index contributed by atoms with van der Waals surface area (Å²) in [6.45, 7) is 0.306. The Kier molecular flexibility index (Phi) is 5.41. The summed E-state index contributed by atoms with van der Waals surface area (Å²) in [5.41, 5.74) is -0.416. The molecule has 1 saturated carbocycles. The molecule has 4 nitrogen and oxygen atoms in total. The Balaban J connectivity index is 2.11. The summed E-state index contributed by atoms with van der Waals surface area (Å²) in [4.78, 5) is 0. The highest BCUT2D eigenvalue weighted by molar-refractivity contribution is 7.89. The van der Waals surface area contributed by atoms with E-state index in [4.69, 9.17) is 33.1 Å². The Morgan fingerprint density at radius 1 is 1.10 bits per heavy atom. The summed E-state index contributed by atoms with van der Waals surface area (Å²) >= 11 is 11.9. The third-order valence-corrected chi connectivity index (χ3v) is 5.25. The number of nitrogens with two attached hydrogens (primary N) is 1. The summed E-state index contributed by atoms with van der Waals surface area (Å²) in [7, 11) is -3.54. The highest BCUT2D eigenvalue weighted by Gasteiger charge is 2.36. The lowest BCUT2D eigenvalue weighted by atomic mass is 9.76. The van der Waals surface area contributed by atoms with Crippen molar-refractivity contribution in [2.45, 2.75) is 32.1 Å². The quantitative estimate of drug-likeness (QED) is 0.880. The van der Waals surface area contributed by atoms with Crippen LogP contribution < -0.4 is 9.88 Å². The maximum absolute atomic E-state index is 11.5. The number of sulfonamides is 1. The van der Waals surface area contributed by atoms with Crippen LogP contribution in [0.3, 0.4) is 0 Å². The molecule has 118 valence electrons. The monoisotopic (exact) mass is 351 g/mol. The van der Waals surface area contributed by atoms with E-state index in [-0.39, 0.29) is 5.75 Å². The van der Waals surface area contributed by atoms with Gasteiger partial charge in [-0.25, -0.2) is 13.6 Å². The molecule has 1 aromatic carbocycles. The Labute approximate surface area is 135 Å². The van der Waals surface area contributed by atoms with Crippen LogP contribution in [0.4, 0.5) is 0 Å². The lowest BCUT2D eigenvalue weighted by Gasteiger charge is -2.36. The fourth-order valence-corrected chi connectivity index (χ4v) is 4.64. The molecule has 1 fully saturated rings. The first-order valence-electron chi connectivity index (χ1n) is 6.87. The minimum atomic E-state index is -3.54. The molecule has 0 radical (unpaired) electrons. The molecule has 7 heteroatoms. The van der Waals surface area contributed by atoms with E-state index in [2.05, 4.69) is 0 Å². The van der Waals surface area contributed by atoms with E-state index < -0.39 is 15.4 Å². The zero-order chi connectivity index (χ0) is 15.5. The van der Waals surface area contributed by atoms with Crippen molar-refractivity contribution >= 4 is 33.2 Å². The molecule has 1 aliphatic carbocycles. The largest absolute Gasteiger partial charge is 0.493 e. The maximum Gasteiger partial charge on any atom is 0.209 e. The number of rotatable bonds is 5. The van der Waals surface area contributed by atoms with Gasteiger partial charge in [0.05, 0.1) is 12.4 Å². The summed E-state index contributed by atoms with van der Waals surface area (Å²) in [6.07, 6.45) is 4.72. The standard InChI is InChI=1S/C14H19Cl2NO3S/c15-11-6-12(16)8-13(7-11)20-9-14(10-21(17,18)19)4-2-1-3-5-14/h6-8H,1-5,9-10H2,(H2,17,18,19). The molecule has 0 saturated heterocycles. The first kappa shape index (κ1) is 16.9. The SMILES string of the molecule is NS(=O)(=O)CC1(COc2cc(Cl)cc(Cl)c2)CCCCC1. The number of primary sulfonamides is 1. The Hall–Kier alpha value is -0.490. The Bertz CT molecular complexity index is 578. The number of hydrogen-bond donors (Lipinski definition) is 1. The average molecular weight is 352 g/mol. The van der Waals surface area contributed by atoms with Gasteiger partial charge in [0.1, 0.15) is 5.75 Å². The molecule has 2 rings (SSSR count). The molecule has 21 heavy (non-hydrogen) atoms. The van der Waals surface area contributed by atoms with E-state index >= 15 is 0 Å². The van der Waals surface area contributed by atoms with Gasteiger partial charge in [-0.15, -0.1) is 0 Å². The number of halogens is 2. The molecule has 2 N–H and O–H groups in total. The fraction of sp³-hybridized carbons (Fsp3) is 0.571. The molecular weight excluding hydrogens is 333 g/mol. The smallest absolute Gasteiger partial charge is 0.209 e. The van der Waals surface area contributed by atoms with Gasteiger partial charge in [0, 0.05) is 15.5 Å². The molecule has 0 aromatic heterocycles. The lowest BCUT2D eigenvalue weighted by molar-refractivity contribution is 0.118. The van der Waals surface area contributed by atoms with Crippen LogP contribution in [0, 0.1) is 5.41 Å². The number of ether oxygens (including phenoxy) is 1. The molecule has 0 spiro atoms. The van der Waals surface area contributed by atoms with Gasteiger partial charge in [-0.05, 0) is 31.0 Å². The predicted molar refractivity (Wildman–Crippen MR) is 85.4 cm³/mol. The van der Waals surface area contributed by atoms with E-state index in [1.165, 1.54) is 0 Å². The van der Waals surface area contributed by atoms with Crippen LogP contribution in [0.15, 0.2) is 18.2 Å². The van der Waals surface area contributed by atoms with Crippen LogP contribution in [0.1, 0.15) is 32.1 Å². The Morgan fingerprint density at radius 2 is 1.67 bits per heavy atom. The van der Waals surface area contributed by atoms with Crippen LogP contribution in [0.25, 0.3) is 0 Å². The zero-order valence-electron chi connectivity index (χ0n) is 11.6. The fourth-order valence-electron chi connectivity index (χ4n) is 2.91. The minimum absolute atomic E-state index is 0.0473. The van der Waals surface area contributed by atoms with E-state index in [0.29, 0.717) is 22.4 Å². The van der Waals surface area contributed by atoms with Crippen molar-refractivity contribution in [2.75, 3.05) is 12.4 Å². The summed E-state index contributed by atoms with van der Waals surface area (Å²) < 4.78 is 28.8. The second-order valence-electron chi connectivity index (χ2n) is 5.76. The highest BCUT2D eigenvalue weighted by Crippen LogP contribution is 2.38. The van der Waals surface area contributed by atoms with Gasteiger partial charge in [-0.1, -0.05) is 42.5 Å². The van der Waals surface area contributed by atoms with Crippen LogP contribution in [0.5, 0.6) is 5.75 Å². The second-order valence-corrected chi connectivity index (χ2v) is 8.25. The van der Waals surface area contributed by atoms with Gasteiger partial charge in [0.25, 0.3) is 0 Å². The summed E-state index contributed by atoms with van der Waals surface area (Å²) in [6, 6.07) is 4.96. The topological polar surface area (TPSA) is 69.4 Å². The summed E-state index contributed by atoms with van der Waals surface area (Å²) in [5.74, 6) is 0.501. The predicted octanol–water partition coefficient (Wildman–Crippen LogP) is 3.61. The normalized spacial score (nSPS) is 18.4. The first-order chi connectivity index (χ1) is 9.78. The highest BCUT2D eigenvalue weighted by atomic mass is 35.5. The van der Waals surface area contributed by atoms with Gasteiger partial charge in [-0.2, -0.15) is 0 Å². The first-order valence-corrected chi connectivity index (χ1v) is 9.35. The minimum Gasteiger partial charge on any atom is -0.493 e. The van der Waals surface area contributed by atoms with Gasteiger partial charge >= 0.3 is 0 Å². The third-order valence-electron chi connectivity index (χ3n) is 3.80. The van der Waals surface area contributed by atoms with E-state index in [1.54, 1.807) is 18.2 Å². The van der Waals surface area contributed by atoms with Crippen molar-refractivity contribution < 1.29 is 13.2 Å². The van der Waals surface area contributed by atoms with Crippen LogP contribution in [0.2, 0.25) is 10.0 Å². The molecule has 1 aromatic rings. The molecular formula is C14H19Cl2NO3S. The second kappa shape index (κ2) is 6.73. The van der Waals surface area contributed by atoms with Gasteiger partial charge in [0.15, 0.2) is 0 Å². The lowest BCUT2D eigenvalue weighted by Crippen LogP contribution is -2.40. The van der Waals surface area contributed by atoms with Gasteiger partial charge in [-0.3, -0.25) is 0 Å².